The van der Waals surface area contributed by atoms with Gasteiger partial charge < -0.3 is 10.6 Å². The first-order valence-electron chi connectivity index (χ1n) is 9.25. The summed E-state index contributed by atoms with van der Waals surface area (Å²) in [5.74, 6) is 0.366. The molecule has 1 aliphatic rings. The first-order chi connectivity index (χ1) is 14.3. The Bertz CT molecular complexity index is 1190. The van der Waals surface area contributed by atoms with Gasteiger partial charge in [0, 0.05) is 5.56 Å². The lowest BCUT2D eigenvalue weighted by Gasteiger charge is -2.14. The van der Waals surface area contributed by atoms with Gasteiger partial charge in [-0.1, -0.05) is 35.3 Å². The van der Waals surface area contributed by atoms with Crippen LogP contribution in [0.4, 0.5) is 16.2 Å². The van der Waals surface area contributed by atoms with E-state index in [1.807, 2.05) is 16.8 Å². The van der Waals surface area contributed by atoms with Crippen LogP contribution < -0.4 is 10.6 Å². The lowest BCUT2D eigenvalue weighted by Crippen LogP contribution is -2.20. The molecule has 1 heterocycles. The van der Waals surface area contributed by atoms with Crippen molar-refractivity contribution in [2.24, 2.45) is 5.92 Å². The van der Waals surface area contributed by atoms with E-state index in [4.69, 9.17) is 23.2 Å². The Balaban J connectivity index is 1.64. The Morgan fingerprint density at radius 2 is 1.83 bits per heavy atom. The quantitative estimate of drug-likeness (QED) is 0.419. The fourth-order valence-corrected chi connectivity index (χ4v) is 5.78. The molecule has 0 atom stereocenters. The zero-order valence-electron chi connectivity index (χ0n) is 15.7. The molecule has 1 saturated carbocycles. The number of hydrogen-bond acceptors (Lipinski definition) is 4. The summed E-state index contributed by atoms with van der Waals surface area (Å²) in [6.45, 7) is 0. The van der Waals surface area contributed by atoms with Gasteiger partial charge in [0.25, 0.3) is 0 Å². The molecule has 0 spiro atoms. The van der Waals surface area contributed by atoms with Gasteiger partial charge in [-0.25, -0.2) is 13.2 Å². The average molecular weight is 481 g/mol. The molecule has 3 aromatic rings. The highest BCUT2D eigenvalue weighted by Gasteiger charge is 2.29. The van der Waals surface area contributed by atoms with Crippen molar-refractivity contribution in [3.63, 3.8) is 0 Å². The zero-order valence-corrected chi connectivity index (χ0v) is 18.8. The molecule has 0 unspecified atom stereocenters. The molecule has 2 aromatic carbocycles. The zero-order chi connectivity index (χ0) is 21.3. The third kappa shape index (κ3) is 4.81. The Morgan fingerprint density at radius 1 is 1.07 bits per heavy atom. The summed E-state index contributed by atoms with van der Waals surface area (Å²) in [5, 5.41) is 9.83. The summed E-state index contributed by atoms with van der Waals surface area (Å²) in [5.41, 5.74) is 2.38. The van der Waals surface area contributed by atoms with Gasteiger partial charge in [-0.2, -0.15) is 11.3 Å². The maximum Gasteiger partial charge on any atom is 0.323 e. The summed E-state index contributed by atoms with van der Waals surface area (Å²) in [4.78, 5) is 12.8. The Morgan fingerprint density at radius 3 is 2.53 bits per heavy atom. The van der Waals surface area contributed by atoms with Gasteiger partial charge in [-0.05, 0) is 65.4 Å². The van der Waals surface area contributed by atoms with E-state index < -0.39 is 15.9 Å². The molecule has 5 nitrogen and oxygen atoms in total. The normalized spacial score (nSPS) is 13.8. The molecule has 0 saturated heterocycles. The van der Waals surface area contributed by atoms with Gasteiger partial charge in [-0.3, -0.25) is 0 Å². The van der Waals surface area contributed by atoms with Gasteiger partial charge in [0.2, 0.25) is 0 Å². The van der Waals surface area contributed by atoms with E-state index in [0.717, 1.165) is 24.0 Å². The number of sulfone groups is 1. The SMILES string of the molecule is O=C(Nc1cc(S(=O)(=O)CC2CC2)ccc1-c1ccsc1)Nc1cccc(Cl)c1Cl. The number of carbonyl (C=O) groups excluding carboxylic acids is 1. The van der Waals surface area contributed by atoms with E-state index in [2.05, 4.69) is 10.6 Å². The number of benzene rings is 2. The minimum atomic E-state index is -3.42. The highest BCUT2D eigenvalue weighted by molar-refractivity contribution is 7.91. The van der Waals surface area contributed by atoms with Crippen molar-refractivity contribution in [2.45, 2.75) is 17.7 Å². The maximum atomic E-state index is 12.7. The molecule has 0 radical (unpaired) electrons. The van der Waals surface area contributed by atoms with E-state index in [1.165, 1.54) is 17.4 Å². The lowest BCUT2D eigenvalue weighted by molar-refractivity contribution is 0.262. The van der Waals surface area contributed by atoms with Crippen LogP contribution in [0.1, 0.15) is 12.8 Å². The van der Waals surface area contributed by atoms with Gasteiger partial charge in [0.1, 0.15) is 0 Å². The average Bonchev–Trinajstić information content (AvgIpc) is 3.33. The van der Waals surface area contributed by atoms with Crippen LogP contribution >= 0.6 is 34.5 Å². The summed E-state index contributed by atoms with van der Waals surface area (Å²) >= 11 is 13.7. The number of urea groups is 1. The highest BCUT2D eigenvalue weighted by atomic mass is 35.5. The van der Waals surface area contributed by atoms with Crippen LogP contribution in [0.25, 0.3) is 11.1 Å². The van der Waals surface area contributed by atoms with E-state index in [1.54, 1.807) is 30.3 Å². The van der Waals surface area contributed by atoms with Crippen molar-refractivity contribution >= 4 is 61.8 Å². The number of amides is 2. The molecule has 1 aliphatic carbocycles. The second-order valence-corrected chi connectivity index (χ2v) is 10.7. The molecule has 1 aromatic heterocycles. The first kappa shape index (κ1) is 21.2. The number of rotatable bonds is 6. The van der Waals surface area contributed by atoms with E-state index in [0.29, 0.717) is 16.4 Å². The van der Waals surface area contributed by atoms with Crippen molar-refractivity contribution in [1.29, 1.82) is 0 Å². The second-order valence-electron chi connectivity index (χ2n) is 7.12. The summed E-state index contributed by atoms with van der Waals surface area (Å²) in [7, 11) is -3.42. The van der Waals surface area contributed by atoms with Crippen molar-refractivity contribution in [2.75, 3.05) is 16.4 Å². The molecule has 156 valence electrons. The van der Waals surface area contributed by atoms with E-state index >= 15 is 0 Å². The number of carbonyl (C=O) groups is 1. The predicted molar refractivity (Wildman–Crippen MR) is 124 cm³/mol. The van der Waals surface area contributed by atoms with Crippen molar-refractivity contribution in [3.05, 3.63) is 63.3 Å². The predicted octanol–water partition coefficient (Wildman–Crippen LogP) is 6.55. The van der Waals surface area contributed by atoms with Crippen molar-refractivity contribution < 1.29 is 13.2 Å². The van der Waals surface area contributed by atoms with Gasteiger partial charge in [0.15, 0.2) is 9.84 Å². The Kier molecular flexibility index (Phi) is 6.06. The van der Waals surface area contributed by atoms with Crippen LogP contribution in [0.3, 0.4) is 0 Å². The minimum Gasteiger partial charge on any atom is -0.307 e. The molecule has 2 amide bonds. The lowest BCUT2D eigenvalue weighted by atomic mass is 10.1. The molecule has 30 heavy (non-hydrogen) atoms. The maximum absolute atomic E-state index is 12.7. The van der Waals surface area contributed by atoms with Crippen LogP contribution in [-0.2, 0) is 9.84 Å². The fourth-order valence-electron chi connectivity index (χ4n) is 3.06. The van der Waals surface area contributed by atoms with Gasteiger partial charge in [0.05, 0.1) is 32.1 Å². The van der Waals surface area contributed by atoms with Crippen molar-refractivity contribution in [1.82, 2.24) is 0 Å². The molecular weight excluding hydrogens is 463 g/mol. The monoisotopic (exact) mass is 480 g/mol. The van der Waals surface area contributed by atoms with Crippen LogP contribution in [0.5, 0.6) is 0 Å². The third-order valence-electron chi connectivity index (χ3n) is 4.78. The number of nitrogens with one attached hydrogen (secondary N) is 2. The number of hydrogen-bond donors (Lipinski definition) is 2. The number of halogens is 2. The molecule has 9 heteroatoms. The molecule has 0 bridgehead atoms. The largest absolute Gasteiger partial charge is 0.323 e. The van der Waals surface area contributed by atoms with Gasteiger partial charge >= 0.3 is 6.03 Å². The van der Waals surface area contributed by atoms with E-state index in [-0.39, 0.29) is 21.6 Å². The Labute approximate surface area is 188 Å². The van der Waals surface area contributed by atoms with Crippen LogP contribution in [0.15, 0.2) is 58.1 Å². The molecule has 1 fully saturated rings. The molecule has 2 N–H and O–H groups in total. The molecule has 0 aliphatic heterocycles. The Hall–Kier alpha value is -2.06. The first-order valence-corrected chi connectivity index (χ1v) is 12.6. The number of thiophene rings is 1. The molecular formula is C21H18Cl2N2O3S2. The highest BCUT2D eigenvalue weighted by Crippen LogP contribution is 2.36. The van der Waals surface area contributed by atoms with Crippen LogP contribution in [0, 0.1) is 5.92 Å². The van der Waals surface area contributed by atoms with Gasteiger partial charge in [-0.15, -0.1) is 0 Å². The van der Waals surface area contributed by atoms with Crippen LogP contribution in [0.2, 0.25) is 10.0 Å². The summed E-state index contributed by atoms with van der Waals surface area (Å²) in [6, 6.07) is 11.1. The molecule has 4 rings (SSSR count). The summed E-state index contributed by atoms with van der Waals surface area (Å²) < 4.78 is 25.5. The topological polar surface area (TPSA) is 75.3 Å². The van der Waals surface area contributed by atoms with Crippen LogP contribution in [-0.4, -0.2) is 20.2 Å². The standard InChI is InChI=1S/C21H18Cl2N2O3S2/c22-17-2-1-3-18(20(17)23)24-21(26)25-19-10-15(30(27,28)12-13-4-5-13)6-7-16(19)14-8-9-29-11-14/h1-3,6-11,13H,4-5,12H2,(H2,24,25,26). The van der Waals surface area contributed by atoms with Crippen molar-refractivity contribution in [3.8, 4) is 11.1 Å². The smallest absolute Gasteiger partial charge is 0.307 e. The summed E-state index contributed by atoms with van der Waals surface area (Å²) in [6.07, 6.45) is 1.89. The second kappa shape index (κ2) is 8.59. The fraction of sp³-hybridized carbons (Fsp3) is 0.190. The minimum absolute atomic E-state index is 0.133. The number of anilines is 2. The van der Waals surface area contributed by atoms with E-state index in [9.17, 15) is 13.2 Å². The third-order valence-corrected chi connectivity index (χ3v) is 8.17.